The zero-order valence-corrected chi connectivity index (χ0v) is 17.3. The lowest BCUT2D eigenvalue weighted by atomic mass is 10.2. The maximum atomic E-state index is 6.01. The molecule has 3 aromatic carbocycles. The third-order valence-electron chi connectivity index (χ3n) is 3.88. The summed E-state index contributed by atoms with van der Waals surface area (Å²) in [6.45, 7) is 0.394. The van der Waals surface area contributed by atoms with Gasteiger partial charge >= 0.3 is 0 Å². The number of hydrogen-bond donors (Lipinski definition) is 2. The fraction of sp³-hybridized carbons (Fsp3) is 0.0909. The second-order valence-electron chi connectivity index (χ2n) is 6.02. The Kier molecular flexibility index (Phi) is 7.44. The van der Waals surface area contributed by atoms with Gasteiger partial charge in [-0.2, -0.15) is 5.10 Å². The van der Waals surface area contributed by atoms with Crippen LogP contribution in [0, 0.1) is 0 Å². The van der Waals surface area contributed by atoms with Crippen LogP contribution >= 0.6 is 23.8 Å². The van der Waals surface area contributed by atoms with Crippen molar-refractivity contribution in [2.45, 2.75) is 6.61 Å². The Balaban J connectivity index is 1.57. The van der Waals surface area contributed by atoms with Gasteiger partial charge < -0.3 is 14.8 Å². The number of ether oxygens (including phenoxy) is 2. The molecule has 0 aliphatic heterocycles. The number of hydrazone groups is 1. The van der Waals surface area contributed by atoms with Gasteiger partial charge in [0.1, 0.15) is 6.61 Å². The summed E-state index contributed by atoms with van der Waals surface area (Å²) in [4.78, 5) is 0. The number of anilines is 1. The molecule has 0 atom stereocenters. The van der Waals surface area contributed by atoms with Crippen molar-refractivity contribution >= 4 is 40.8 Å². The molecule has 2 N–H and O–H groups in total. The molecule has 0 unspecified atom stereocenters. The van der Waals surface area contributed by atoms with Crippen LogP contribution in [0.1, 0.15) is 11.1 Å². The summed E-state index contributed by atoms with van der Waals surface area (Å²) in [5.74, 6) is 1.25. The van der Waals surface area contributed by atoms with E-state index in [1.807, 2.05) is 72.8 Å². The number of nitrogens with zero attached hydrogens (tertiary/aromatic N) is 1. The Morgan fingerprint density at radius 1 is 1.03 bits per heavy atom. The average Bonchev–Trinajstić information content (AvgIpc) is 2.73. The van der Waals surface area contributed by atoms with Gasteiger partial charge in [-0.25, -0.2) is 0 Å². The van der Waals surface area contributed by atoms with Crippen LogP contribution in [0.4, 0.5) is 5.69 Å². The van der Waals surface area contributed by atoms with E-state index in [0.29, 0.717) is 28.2 Å². The van der Waals surface area contributed by atoms with Gasteiger partial charge in [0.2, 0.25) is 0 Å². The molecule has 0 heterocycles. The molecule has 0 spiro atoms. The van der Waals surface area contributed by atoms with Gasteiger partial charge in [-0.1, -0.05) is 41.9 Å². The third-order valence-corrected chi connectivity index (χ3v) is 4.31. The maximum absolute atomic E-state index is 6.01. The predicted molar refractivity (Wildman–Crippen MR) is 122 cm³/mol. The molecule has 0 radical (unpaired) electrons. The maximum Gasteiger partial charge on any atom is 0.191 e. The molecule has 29 heavy (non-hydrogen) atoms. The van der Waals surface area contributed by atoms with Crippen LogP contribution in [0.2, 0.25) is 5.02 Å². The molecule has 0 aliphatic carbocycles. The van der Waals surface area contributed by atoms with Crippen molar-refractivity contribution in [3.05, 3.63) is 88.9 Å². The van der Waals surface area contributed by atoms with Crippen molar-refractivity contribution in [1.29, 1.82) is 0 Å². The summed E-state index contributed by atoms with van der Waals surface area (Å²) in [6, 6.07) is 22.7. The van der Waals surface area contributed by atoms with E-state index in [2.05, 4.69) is 15.8 Å². The molecule has 0 saturated carbocycles. The Morgan fingerprint density at radius 3 is 2.62 bits per heavy atom. The second-order valence-corrected chi connectivity index (χ2v) is 6.86. The first-order chi connectivity index (χ1) is 14.1. The zero-order chi connectivity index (χ0) is 20.5. The van der Waals surface area contributed by atoms with Crippen molar-refractivity contribution in [3.63, 3.8) is 0 Å². The number of benzene rings is 3. The van der Waals surface area contributed by atoms with E-state index in [0.717, 1.165) is 16.8 Å². The molecule has 0 saturated heterocycles. The molecular weight excluding hydrogens is 406 g/mol. The Bertz CT molecular complexity index is 996. The lowest BCUT2D eigenvalue weighted by Crippen LogP contribution is -2.23. The highest BCUT2D eigenvalue weighted by molar-refractivity contribution is 7.80. The Morgan fingerprint density at radius 2 is 1.86 bits per heavy atom. The molecule has 3 rings (SSSR count). The van der Waals surface area contributed by atoms with E-state index in [1.165, 1.54) is 0 Å². The molecule has 148 valence electrons. The number of halogens is 1. The van der Waals surface area contributed by atoms with Gasteiger partial charge in [0.25, 0.3) is 0 Å². The normalized spacial score (nSPS) is 10.6. The van der Waals surface area contributed by atoms with E-state index in [4.69, 9.17) is 33.3 Å². The first-order valence-electron chi connectivity index (χ1n) is 8.84. The van der Waals surface area contributed by atoms with Crippen molar-refractivity contribution < 1.29 is 9.47 Å². The van der Waals surface area contributed by atoms with E-state index >= 15 is 0 Å². The van der Waals surface area contributed by atoms with Crippen LogP contribution in [-0.2, 0) is 6.61 Å². The highest BCUT2D eigenvalue weighted by Gasteiger charge is 2.06. The fourth-order valence-electron chi connectivity index (χ4n) is 2.52. The lowest BCUT2D eigenvalue weighted by molar-refractivity contribution is 0.284. The number of nitrogens with one attached hydrogen (secondary N) is 2. The molecule has 0 aromatic heterocycles. The van der Waals surface area contributed by atoms with Crippen LogP contribution in [0.15, 0.2) is 77.9 Å². The molecule has 0 amide bonds. The zero-order valence-electron chi connectivity index (χ0n) is 15.8. The quantitative estimate of drug-likeness (QED) is 0.307. The predicted octanol–water partition coefficient (Wildman–Crippen LogP) is 5.25. The van der Waals surface area contributed by atoms with Gasteiger partial charge in [-0.15, -0.1) is 0 Å². The van der Waals surface area contributed by atoms with Crippen molar-refractivity contribution in [1.82, 2.24) is 5.43 Å². The SMILES string of the molecule is COc1cc(/C=N\NC(=S)Nc2ccccc2)ccc1OCc1cccc(Cl)c1. The summed E-state index contributed by atoms with van der Waals surface area (Å²) in [6.07, 6.45) is 1.66. The topological polar surface area (TPSA) is 54.9 Å². The smallest absolute Gasteiger partial charge is 0.191 e. The first-order valence-corrected chi connectivity index (χ1v) is 9.63. The molecule has 0 aliphatic rings. The minimum absolute atomic E-state index is 0.394. The van der Waals surface area contributed by atoms with Crippen LogP contribution < -0.4 is 20.2 Å². The molecule has 3 aromatic rings. The van der Waals surface area contributed by atoms with E-state index in [1.54, 1.807) is 13.3 Å². The highest BCUT2D eigenvalue weighted by Crippen LogP contribution is 2.28. The van der Waals surface area contributed by atoms with Gasteiger partial charge in [-0.3, -0.25) is 5.43 Å². The van der Waals surface area contributed by atoms with E-state index in [-0.39, 0.29) is 0 Å². The molecule has 7 heteroatoms. The molecule has 5 nitrogen and oxygen atoms in total. The van der Waals surface area contributed by atoms with Crippen molar-refractivity contribution in [2.24, 2.45) is 5.10 Å². The van der Waals surface area contributed by atoms with Crippen LogP contribution in [-0.4, -0.2) is 18.4 Å². The lowest BCUT2D eigenvalue weighted by Gasteiger charge is -2.11. The van der Waals surface area contributed by atoms with Gasteiger partial charge in [0, 0.05) is 10.7 Å². The number of methoxy groups -OCH3 is 1. The Labute approximate surface area is 180 Å². The van der Waals surface area contributed by atoms with Crippen molar-refractivity contribution in [2.75, 3.05) is 12.4 Å². The van der Waals surface area contributed by atoms with Gasteiger partial charge in [0.15, 0.2) is 16.6 Å². The summed E-state index contributed by atoms with van der Waals surface area (Å²) in [5, 5.41) is 8.29. The van der Waals surface area contributed by atoms with Gasteiger partial charge in [-0.05, 0) is 65.8 Å². The number of hydrogen-bond acceptors (Lipinski definition) is 4. The highest BCUT2D eigenvalue weighted by atomic mass is 35.5. The van der Waals surface area contributed by atoms with Crippen LogP contribution in [0.25, 0.3) is 0 Å². The summed E-state index contributed by atoms with van der Waals surface area (Å²) >= 11 is 11.2. The average molecular weight is 426 g/mol. The van der Waals surface area contributed by atoms with Gasteiger partial charge in [0.05, 0.1) is 13.3 Å². The van der Waals surface area contributed by atoms with Crippen LogP contribution in [0.5, 0.6) is 11.5 Å². The summed E-state index contributed by atoms with van der Waals surface area (Å²) < 4.78 is 11.3. The fourth-order valence-corrected chi connectivity index (χ4v) is 2.90. The number of para-hydroxylation sites is 1. The summed E-state index contributed by atoms with van der Waals surface area (Å²) in [5.41, 5.74) is 5.50. The summed E-state index contributed by atoms with van der Waals surface area (Å²) in [7, 11) is 1.60. The standard InChI is InChI=1S/C22H20ClN3O2S/c1-27-21-13-16(14-24-26-22(29)25-19-8-3-2-4-9-19)10-11-20(21)28-15-17-6-5-7-18(23)12-17/h2-14H,15H2,1H3,(H2,25,26,29)/b24-14-. The minimum Gasteiger partial charge on any atom is -0.493 e. The van der Waals surface area contributed by atoms with E-state index in [9.17, 15) is 0 Å². The number of thiocarbonyl (C=S) groups is 1. The largest absolute Gasteiger partial charge is 0.493 e. The minimum atomic E-state index is 0.394. The number of rotatable bonds is 7. The first kappa shape index (κ1) is 20.6. The van der Waals surface area contributed by atoms with Crippen LogP contribution in [0.3, 0.4) is 0 Å². The second kappa shape index (κ2) is 10.5. The molecule has 0 fully saturated rings. The monoisotopic (exact) mass is 425 g/mol. The third kappa shape index (κ3) is 6.48. The Hall–Kier alpha value is -3.09. The van der Waals surface area contributed by atoms with Crippen molar-refractivity contribution in [3.8, 4) is 11.5 Å². The molecular formula is C22H20ClN3O2S. The van der Waals surface area contributed by atoms with E-state index < -0.39 is 0 Å². The molecule has 0 bridgehead atoms.